The summed E-state index contributed by atoms with van der Waals surface area (Å²) in [5.41, 5.74) is 3.30. The van der Waals surface area contributed by atoms with Gasteiger partial charge in [-0.25, -0.2) is 13.1 Å². The summed E-state index contributed by atoms with van der Waals surface area (Å²) in [5.74, 6) is 0.367. The van der Waals surface area contributed by atoms with E-state index < -0.39 is 10.0 Å². The van der Waals surface area contributed by atoms with E-state index in [4.69, 9.17) is 4.74 Å². The largest absolute Gasteiger partial charge is 0.495 e. The molecule has 0 atom stereocenters. The Morgan fingerprint density at radius 1 is 1.00 bits per heavy atom. The molecule has 1 aliphatic heterocycles. The van der Waals surface area contributed by atoms with E-state index in [0.717, 1.165) is 43.7 Å². The minimum atomic E-state index is -3.62. The predicted molar refractivity (Wildman–Crippen MR) is 117 cm³/mol. The first-order valence-corrected chi connectivity index (χ1v) is 11.6. The van der Waals surface area contributed by atoms with Crippen LogP contribution in [-0.4, -0.2) is 60.2 Å². The van der Waals surface area contributed by atoms with Crippen LogP contribution in [0.4, 0.5) is 5.69 Å². The number of likely N-dealkylation sites (N-methyl/N-ethyl adjacent to an activating group) is 1. The molecule has 1 fully saturated rings. The van der Waals surface area contributed by atoms with Crippen LogP contribution in [0.15, 0.2) is 47.4 Å². The van der Waals surface area contributed by atoms with E-state index in [1.54, 1.807) is 12.1 Å². The molecule has 0 spiro atoms. The van der Waals surface area contributed by atoms with Crippen molar-refractivity contribution in [3.8, 4) is 5.75 Å². The lowest BCUT2D eigenvalue weighted by molar-refractivity contribution is 0.313. The molecule has 6 nitrogen and oxygen atoms in total. The lowest BCUT2D eigenvalue weighted by Gasteiger charge is -2.34. The molecule has 0 radical (unpaired) electrons. The number of piperazine rings is 1. The average molecular weight is 418 g/mol. The van der Waals surface area contributed by atoms with Gasteiger partial charge in [0.2, 0.25) is 10.0 Å². The van der Waals surface area contributed by atoms with Crippen molar-refractivity contribution in [1.29, 1.82) is 0 Å². The SMILES string of the molecule is CCc1ccc(OC)c(S(=O)(=O)NCCc2ccc(N3CCN(C)CC3)cc2)c1. The van der Waals surface area contributed by atoms with Crippen molar-refractivity contribution < 1.29 is 13.2 Å². The molecule has 0 aliphatic carbocycles. The Morgan fingerprint density at radius 2 is 1.66 bits per heavy atom. The molecule has 7 heteroatoms. The molecule has 1 N–H and O–H groups in total. The molecular weight excluding hydrogens is 386 g/mol. The molecule has 1 heterocycles. The number of nitrogens with zero attached hydrogens (tertiary/aromatic N) is 2. The molecule has 0 unspecified atom stereocenters. The van der Waals surface area contributed by atoms with Crippen LogP contribution >= 0.6 is 0 Å². The van der Waals surface area contributed by atoms with Crippen molar-refractivity contribution in [3.63, 3.8) is 0 Å². The molecule has 0 saturated carbocycles. The molecule has 0 amide bonds. The Labute approximate surface area is 174 Å². The normalized spacial score (nSPS) is 15.5. The number of hydrogen-bond donors (Lipinski definition) is 1. The Bertz CT molecular complexity index is 905. The first-order chi connectivity index (χ1) is 13.9. The van der Waals surface area contributed by atoms with Gasteiger partial charge in [-0.05, 0) is 55.3 Å². The van der Waals surface area contributed by atoms with E-state index in [9.17, 15) is 8.42 Å². The molecular formula is C22H31N3O3S. The first kappa shape index (κ1) is 21.6. The fourth-order valence-electron chi connectivity index (χ4n) is 3.50. The number of methoxy groups -OCH3 is 1. The van der Waals surface area contributed by atoms with Crippen LogP contribution < -0.4 is 14.4 Å². The second kappa shape index (κ2) is 9.61. The second-order valence-corrected chi connectivity index (χ2v) is 9.18. The zero-order valence-corrected chi connectivity index (χ0v) is 18.3. The van der Waals surface area contributed by atoms with Crippen molar-refractivity contribution in [1.82, 2.24) is 9.62 Å². The summed E-state index contributed by atoms with van der Waals surface area (Å²) in [4.78, 5) is 4.92. The Kier molecular flexibility index (Phi) is 7.16. The Hall–Kier alpha value is -2.09. The highest BCUT2D eigenvalue weighted by Gasteiger charge is 2.19. The van der Waals surface area contributed by atoms with E-state index >= 15 is 0 Å². The van der Waals surface area contributed by atoms with E-state index in [2.05, 4.69) is 45.8 Å². The lowest BCUT2D eigenvalue weighted by atomic mass is 10.1. The van der Waals surface area contributed by atoms with Crippen LogP contribution in [0.2, 0.25) is 0 Å². The average Bonchev–Trinajstić information content (AvgIpc) is 2.74. The zero-order valence-electron chi connectivity index (χ0n) is 17.5. The monoisotopic (exact) mass is 417 g/mol. The first-order valence-electron chi connectivity index (χ1n) is 10.1. The summed E-state index contributed by atoms with van der Waals surface area (Å²) in [6.07, 6.45) is 1.41. The molecule has 158 valence electrons. The predicted octanol–water partition coefficient (Wildman–Crippen LogP) is 2.53. The fourth-order valence-corrected chi connectivity index (χ4v) is 4.75. The van der Waals surface area contributed by atoms with E-state index in [1.165, 1.54) is 12.8 Å². The van der Waals surface area contributed by atoms with Crippen LogP contribution in [0.1, 0.15) is 18.1 Å². The van der Waals surface area contributed by atoms with Gasteiger partial charge in [0.25, 0.3) is 0 Å². The number of aryl methyl sites for hydroxylation is 1. The summed E-state index contributed by atoms with van der Waals surface area (Å²) < 4.78 is 33.5. The highest BCUT2D eigenvalue weighted by atomic mass is 32.2. The third kappa shape index (κ3) is 5.50. The topological polar surface area (TPSA) is 61.9 Å². The minimum absolute atomic E-state index is 0.199. The minimum Gasteiger partial charge on any atom is -0.495 e. The van der Waals surface area contributed by atoms with Crippen LogP contribution in [0, 0.1) is 0 Å². The molecule has 2 aromatic rings. The maximum Gasteiger partial charge on any atom is 0.244 e. The number of benzene rings is 2. The van der Waals surface area contributed by atoms with Crippen LogP contribution in [0.3, 0.4) is 0 Å². The maximum atomic E-state index is 12.8. The van der Waals surface area contributed by atoms with Gasteiger partial charge in [0.15, 0.2) is 0 Å². The van der Waals surface area contributed by atoms with Gasteiger partial charge in [0.1, 0.15) is 10.6 Å². The van der Waals surface area contributed by atoms with Crippen molar-refractivity contribution >= 4 is 15.7 Å². The number of ether oxygens (including phenoxy) is 1. The second-order valence-electron chi connectivity index (χ2n) is 7.44. The summed E-state index contributed by atoms with van der Waals surface area (Å²) in [6, 6.07) is 13.7. The van der Waals surface area contributed by atoms with Crippen LogP contribution in [-0.2, 0) is 22.9 Å². The van der Waals surface area contributed by atoms with E-state index in [0.29, 0.717) is 18.7 Å². The summed E-state index contributed by atoms with van der Waals surface area (Å²) in [6.45, 7) is 6.56. The lowest BCUT2D eigenvalue weighted by Crippen LogP contribution is -2.44. The van der Waals surface area contributed by atoms with Gasteiger partial charge < -0.3 is 14.5 Å². The molecule has 1 aliphatic rings. The highest BCUT2D eigenvalue weighted by Crippen LogP contribution is 2.25. The van der Waals surface area contributed by atoms with Gasteiger partial charge >= 0.3 is 0 Å². The van der Waals surface area contributed by atoms with E-state index in [-0.39, 0.29) is 4.90 Å². The summed E-state index contributed by atoms with van der Waals surface area (Å²) >= 11 is 0. The summed E-state index contributed by atoms with van der Waals surface area (Å²) in [7, 11) is 0.0122. The third-order valence-corrected chi connectivity index (χ3v) is 6.92. The maximum absolute atomic E-state index is 12.8. The van der Waals surface area contributed by atoms with Gasteiger partial charge in [0.05, 0.1) is 7.11 Å². The fraction of sp³-hybridized carbons (Fsp3) is 0.455. The van der Waals surface area contributed by atoms with E-state index in [1.807, 2.05) is 13.0 Å². The van der Waals surface area contributed by atoms with Gasteiger partial charge in [-0.2, -0.15) is 0 Å². The highest BCUT2D eigenvalue weighted by molar-refractivity contribution is 7.89. The molecule has 3 rings (SSSR count). The number of hydrogen-bond acceptors (Lipinski definition) is 5. The third-order valence-electron chi connectivity index (χ3n) is 5.44. The Morgan fingerprint density at radius 3 is 2.28 bits per heavy atom. The van der Waals surface area contributed by atoms with Gasteiger partial charge in [-0.3, -0.25) is 0 Å². The van der Waals surface area contributed by atoms with Gasteiger partial charge in [-0.15, -0.1) is 0 Å². The quantitative estimate of drug-likeness (QED) is 0.715. The molecule has 29 heavy (non-hydrogen) atoms. The van der Waals surface area contributed by atoms with Crippen molar-refractivity contribution in [2.24, 2.45) is 0 Å². The zero-order chi connectivity index (χ0) is 20.9. The summed E-state index contributed by atoms with van der Waals surface area (Å²) in [5, 5.41) is 0. The molecule has 0 bridgehead atoms. The van der Waals surface area contributed by atoms with Crippen molar-refractivity contribution in [2.75, 3.05) is 51.8 Å². The van der Waals surface area contributed by atoms with Gasteiger partial charge in [0, 0.05) is 38.4 Å². The number of anilines is 1. The van der Waals surface area contributed by atoms with Crippen molar-refractivity contribution in [3.05, 3.63) is 53.6 Å². The standard InChI is InChI=1S/C22H31N3O3S/c1-4-18-7-10-21(28-3)22(17-18)29(26,27)23-12-11-19-5-8-20(9-6-19)25-15-13-24(2)14-16-25/h5-10,17,23H,4,11-16H2,1-3H3. The molecule has 0 aromatic heterocycles. The van der Waals surface area contributed by atoms with Crippen LogP contribution in [0.5, 0.6) is 5.75 Å². The van der Waals surface area contributed by atoms with Crippen LogP contribution in [0.25, 0.3) is 0 Å². The number of sulfonamides is 1. The number of nitrogens with one attached hydrogen (secondary N) is 1. The molecule has 1 saturated heterocycles. The van der Waals surface area contributed by atoms with Gasteiger partial charge in [-0.1, -0.05) is 25.1 Å². The number of rotatable bonds is 8. The Balaban J connectivity index is 1.59. The smallest absolute Gasteiger partial charge is 0.244 e. The van der Waals surface area contributed by atoms with Crippen molar-refractivity contribution in [2.45, 2.75) is 24.7 Å². The molecule has 2 aromatic carbocycles.